The molecule has 0 radical (unpaired) electrons. The van der Waals surface area contributed by atoms with Crippen LogP contribution in [0.2, 0.25) is 0 Å². The summed E-state index contributed by atoms with van der Waals surface area (Å²) in [7, 11) is 1.63. The number of ether oxygens (including phenoxy) is 1. The van der Waals surface area contributed by atoms with E-state index in [1.807, 2.05) is 18.2 Å². The van der Waals surface area contributed by atoms with E-state index in [0.29, 0.717) is 13.2 Å². The van der Waals surface area contributed by atoms with Crippen LogP contribution in [0, 0.1) is 0 Å². The molecule has 0 aliphatic heterocycles. The molecule has 2 rings (SSSR count). The maximum atomic E-state index is 11.6. The SMILES string of the molecule is COCCNCC(=O)Nc1ccc2cn[nH]c2c1.Cl. The van der Waals surface area contributed by atoms with Gasteiger partial charge in [0.2, 0.25) is 5.91 Å². The van der Waals surface area contributed by atoms with E-state index in [2.05, 4.69) is 20.8 Å². The average molecular weight is 285 g/mol. The molecule has 1 amide bonds. The van der Waals surface area contributed by atoms with Crippen molar-refractivity contribution in [2.75, 3.05) is 32.1 Å². The Morgan fingerprint density at radius 2 is 2.32 bits per heavy atom. The van der Waals surface area contributed by atoms with E-state index in [4.69, 9.17) is 4.74 Å². The van der Waals surface area contributed by atoms with E-state index in [1.165, 1.54) is 0 Å². The van der Waals surface area contributed by atoms with Crippen molar-refractivity contribution in [3.63, 3.8) is 0 Å². The summed E-state index contributed by atoms with van der Waals surface area (Å²) < 4.78 is 4.88. The molecule has 104 valence electrons. The molecule has 0 bridgehead atoms. The summed E-state index contributed by atoms with van der Waals surface area (Å²) in [4.78, 5) is 11.6. The monoisotopic (exact) mass is 284 g/mol. The molecule has 2 aromatic rings. The molecule has 19 heavy (non-hydrogen) atoms. The summed E-state index contributed by atoms with van der Waals surface area (Å²) in [5, 5.41) is 13.6. The van der Waals surface area contributed by atoms with Gasteiger partial charge in [-0.2, -0.15) is 5.10 Å². The molecule has 3 N–H and O–H groups in total. The molecule has 0 fully saturated rings. The van der Waals surface area contributed by atoms with Crippen LogP contribution < -0.4 is 10.6 Å². The number of fused-ring (bicyclic) bond motifs is 1. The van der Waals surface area contributed by atoms with Gasteiger partial charge in [-0.25, -0.2) is 0 Å². The van der Waals surface area contributed by atoms with Crippen LogP contribution in [0.5, 0.6) is 0 Å². The fourth-order valence-corrected chi connectivity index (χ4v) is 1.60. The van der Waals surface area contributed by atoms with Gasteiger partial charge in [0.25, 0.3) is 0 Å². The molecule has 0 atom stereocenters. The third-order valence-electron chi connectivity index (χ3n) is 2.49. The van der Waals surface area contributed by atoms with Crippen LogP contribution in [0.4, 0.5) is 5.69 Å². The Hall–Kier alpha value is -1.63. The molecule has 0 aliphatic carbocycles. The zero-order valence-corrected chi connectivity index (χ0v) is 11.4. The second-order valence-electron chi connectivity index (χ2n) is 3.89. The van der Waals surface area contributed by atoms with Crippen LogP contribution in [-0.2, 0) is 9.53 Å². The van der Waals surface area contributed by atoms with Crippen LogP contribution in [0.3, 0.4) is 0 Å². The molecule has 7 heteroatoms. The van der Waals surface area contributed by atoms with Crippen LogP contribution in [0.25, 0.3) is 10.9 Å². The number of anilines is 1. The van der Waals surface area contributed by atoms with Gasteiger partial charge in [-0.05, 0) is 18.2 Å². The predicted molar refractivity (Wildman–Crippen MR) is 76.7 cm³/mol. The first-order valence-corrected chi connectivity index (χ1v) is 5.72. The van der Waals surface area contributed by atoms with Gasteiger partial charge in [-0.15, -0.1) is 12.4 Å². The lowest BCUT2D eigenvalue weighted by molar-refractivity contribution is -0.115. The topological polar surface area (TPSA) is 79.0 Å². The van der Waals surface area contributed by atoms with Crippen LogP contribution in [-0.4, -0.2) is 42.9 Å². The van der Waals surface area contributed by atoms with E-state index >= 15 is 0 Å². The van der Waals surface area contributed by atoms with Crippen molar-refractivity contribution in [3.8, 4) is 0 Å². The van der Waals surface area contributed by atoms with Gasteiger partial charge in [0, 0.05) is 24.7 Å². The fourth-order valence-electron chi connectivity index (χ4n) is 1.60. The van der Waals surface area contributed by atoms with Crippen LogP contribution >= 0.6 is 12.4 Å². The molecular formula is C12H17ClN4O2. The molecule has 1 heterocycles. The van der Waals surface area contributed by atoms with Crippen molar-refractivity contribution in [3.05, 3.63) is 24.4 Å². The Labute approximate surface area is 117 Å². The van der Waals surface area contributed by atoms with Gasteiger partial charge in [-0.1, -0.05) is 0 Å². The smallest absolute Gasteiger partial charge is 0.238 e. The molecule has 1 aromatic carbocycles. The Morgan fingerprint density at radius 3 is 3.11 bits per heavy atom. The Bertz CT molecular complexity index is 529. The van der Waals surface area contributed by atoms with Crippen molar-refractivity contribution in [2.45, 2.75) is 0 Å². The highest BCUT2D eigenvalue weighted by molar-refractivity contribution is 5.94. The number of rotatable bonds is 6. The summed E-state index contributed by atoms with van der Waals surface area (Å²) in [6.45, 7) is 1.52. The van der Waals surface area contributed by atoms with Gasteiger partial charge in [0.15, 0.2) is 0 Å². The minimum atomic E-state index is -0.0787. The largest absolute Gasteiger partial charge is 0.383 e. The molecule has 0 saturated carbocycles. The van der Waals surface area contributed by atoms with E-state index < -0.39 is 0 Å². The molecule has 0 aliphatic rings. The summed E-state index contributed by atoms with van der Waals surface area (Å²) in [5.74, 6) is -0.0787. The number of methoxy groups -OCH3 is 1. The zero-order chi connectivity index (χ0) is 12.8. The van der Waals surface area contributed by atoms with Crippen molar-refractivity contribution in [1.82, 2.24) is 15.5 Å². The maximum absolute atomic E-state index is 11.6. The number of hydrogen-bond donors (Lipinski definition) is 3. The molecule has 6 nitrogen and oxygen atoms in total. The second-order valence-corrected chi connectivity index (χ2v) is 3.89. The number of halogens is 1. The van der Waals surface area contributed by atoms with Crippen molar-refractivity contribution in [1.29, 1.82) is 0 Å². The van der Waals surface area contributed by atoms with E-state index in [9.17, 15) is 4.79 Å². The highest BCUT2D eigenvalue weighted by Gasteiger charge is 2.03. The lowest BCUT2D eigenvalue weighted by atomic mass is 10.2. The van der Waals surface area contributed by atoms with E-state index in [1.54, 1.807) is 13.3 Å². The molecule has 0 saturated heterocycles. The normalized spacial score (nSPS) is 10.2. The van der Waals surface area contributed by atoms with Gasteiger partial charge < -0.3 is 15.4 Å². The first-order chi connectivity index (χ1) is 8.79. The standard InChI is InChI=1S/C12H16N4O2.ClH/c1-18-5-4-13-8-12(17)15-10-3-2-9-7-14-16-11(9)6-10;/h2-3,6-7,13H,4-5,8H2,1H3,(H,14,16)(H,15,17);1H. The number of nitrogens with zero attached hydrogens (tertiary/aromatic N) is 1. The summed E-state index contributed by atoms with van der Waals surface area (Å²) in [6, 6.07) is 5.62. The van der Waals surface area contributed by atoms with E-state index in [-0.39, 0.29) is 24.9 Å². The van der Waals surface area contributed by atoms with Gasteiger partial charge >= 0.3 is 0 Å². The van der Waals surface area contributed by atoms with Gasteiger partial charge in [-0.3, -0.25) is 9.89 Å². The minimum Gasteiger partial charge on any atom is -0.383 e. The molecule has 0 spiro atoms. The number of amides is 1. The number of hydrogen-bond acceptors (Lipinski definition) is 4. The number of nitrogens with one attached hydrogen (secondary N) is 3. The Kier molecular flexibility index (Phi) is 6.27. The van der Waals surface area contributed by atoms with Crippen molar-refractivity contribution in [2.24, 2.45) is 0 Å². The van der Waals surface area contributed by atoms with Crippen LogP contribution in [0.15, 0.2) is 24.4 Å². The first kappa shape index (κ1) is 15.4. The Balaban J connectivity index is 0.00000180. The number of carbonyl (C=O) groups excluding carboxylic acids is 1. The lowest BCUT2D eigenvalue weighted by Crippen LogP contribution is -2.30. The Morgan fingerprint density at radius 1 is 1.47 bits per heavy atom. The first-order valence-electron chi connectivity index (χ1n) is 5.72. The number of aromatic nitrogens is 2. The molecule has 0 unspecified atom stereocenters. The highest BCUT2D eigenvalue weighted by atomic mass is 35.5. The fraction of sp³-hybridized carbons (Fsp3) is 0.333. The zero-order valence-electron chi connectivity index (χ0n) is 10.6. The molecular weight excluding hydrogens is 268 g/mol. The van der Waals surface area contributed by atoms with Gasteiger partial charge in [0.05, 0.1) is 24.9 Å². The summed E-state index contributed by atoms with van der Waals surface area (Å²) in [6.07, 6.45) is 1.74. The number of H-pyrrole nitrogens is 1. The lowest BCUT2D eigenvalue weighted by Gasteiger charge is -2.06. The number of benzene rings is 1. The van der Waals surface area contributed by atoms with Crippen molar-refractivity contribution >= 4 is 34.9 Å². The minimum absolute atomic E-state index is 0. The highest BCUT2D eigenvalue weighted by Crippen LogP contribution is 2.16. The third-order valence-corrected chi connectivity index (χ3v) is 2.49. The van der Waals surface area contributed by atoms with E-state index in [0.717, 1.165) is 16.6 Å². The summed E-state index contributed by atoms with van der Waals surface area (Å²) >= 11 is 0. The number of carbonyl (C=O) groups is 1. The quantitative estimate of drug-likeness (QED) is 0.696. The third kappa shape index (κ3) is 4.51. The van der Waals surface area contributed by atoms with Gasteiger partial charge in [0.1, 0.15) is 0 Å². The predicted octanol–water partition coefficient (Wildman–Crippen LogP) is 1.16. The maximum Gasteiger partial charge on any atom is 0.238 e. The van der Waals surface area contributed by atoms with Crippen molar-refractivity contribution < 1.29 is 9.53 Å². The molecule has 1 aromatic heterocycles. The second kappa shape index (κ2) is 7.73. The number of aromatic amines is 1. The van der Waals surface area contributed by atoms with Crippen LogP contribution in [0.1, 0.15) is 0 Å². The average Bonchev–Trinajstić information content (AvgIpc) is 2.82. The summed E-state index contributed by atoms with van der Waals surface area (Å²) in [5.41, 5.74) is 1.66.